The molecule has 0 heterocycles. The average molecular weight is 230 g/mol. The number of hydrogen-bond acceptors (Lipinski definition) is 2. The summed E-state index contributed by atoms with van der Waals surface area (Å²) >= 11 is 0. The molecular formula is C14H18N2O. The van der Waals surface area contributed by atoms with Crippen LogP contribution in [0.5, 0.6) is 0 Å². The van der Waals surface area contributed by atoms with E-state index in [0.717, 1.165) is 16.8 Å². The molecule has 0 aliphatic heterocycles. The standard InChI is InChI=1S/C14H18N2O/c1-9-6-11(14(3,4)5)7-10(2)13(9)16-12(17)8-15/h6-7H,1-5H3,(H,16,17). The van der Waals surface area contributed by atoms with Gasteiger partial charge in [0.05, 0.1) is 0 Å². The minimum atomic E-state index is -0.625. The van der Waals surface area contributed by atoms with Crippen molar-refractivity contribution >= 4 is 11.6 Å². The molecule has 0 unspecified atom stereocenters. The van der Waals surface area contributed by atoms with Gasteiger partial charge in [0.1, 0.15) is 0 Å². The van der Waals surface area contributed by atoms with Gasteiger partial charge in [-0.05, 0) is 36.0 Å². The predicted molar refractivity (Wildman–Crippen MR) is 68.9 cm³/mol. The monoisotopic (exact) mass is 230 g/mol. The summed E-state index contributed by atoms with van der Waals surface area (Å²) in [6.07, 6.45) is 0. The van der Waals surface area contributed by atoms with Crippen molar-refractivity contribution in [3.05, 3.63) is 28.8 Å². The molecule has 17 heavy (non-hydrogen) atoms. The Kier molecular flexibility index (Phi) is 3.57. The fourth-order valence-corrected chi connectivity index (χ4v) is 1.74. The third kappa shape index (κ3) is 3.07. The van der Waals surface area contributed by atoms with Gasteiger partial charge in [0.2, 0.25) is 0 Å². The first-order chi connectivity index (χ1) is 7.75. The summed E-state index contributed by atoms with van der Waals surface area (Å²) in [5.41, 5.74) is 4.01. The van der Waals surface area contributed by atoms with Crippen LogP contribution in [0.25, 0.3) is 0 Å². The third-order valence-electron chi connectivity index (χ3n) is 2.74. The number of carbonyl (C=O) groups excluding carboxylic acids is 1. The molecule has 0 atom stereocenters. The minimum Gasteiger partial charge on any atom is -0.313 e. The van der Waals surface area contributed by atoms with Gasteiger partial charge < -0.3 is 5.32 Å². The van der Waals surface area contributed by atoms with E-state index >= 15 is 0 Å². The number of amides is 1. The molecule has 1 rings (SSSR count). The Bertz CT molecular complexity index is 467. The van der Waals surface area contributed by atoms with Crippen LogP contribution >= 0.6 is 0 Å². The van der Waals surface area contributed by atoms with Crippen molar-refractivity contribution in [2.45, 2.75) is 40.0 Å². The SMILES string of the molecule is Cc1cc(C(C)(C)C)cc(C)c1NC(=O)C#N. The van der Waals surface area contributed by atoms with E-state index in [1.54, 1.807) is 6.07 Å². The molecule has 1 aromatic carbocycles. The molecule has 0 radical (unpaired) electrons. The summed E-state index contributed by atoms with van der Waals surface area (Å²) in [4.78, 5) is 11.1. The summed E-state index contributed by atoms with van der Waals surface area (Å²) in [7, 11) is 0. The van der Waals surface area contributed by atoms with Crippen LogP contribution in [0.1, 0.15) is 37.5 Å². The van der Waals surface area contributed by atoms with Gasteiger partial charge in [0.15, 0.2) is 6.07 Å². The first-order valence-corrected chi connectivity index (χ1v) is 5.58. The Balaban J connectivity index is 3.21. The highest BCUT2D eigenvalue weighted by molar-refractivity contribution is 6.03. The molecule has 3 nitrogen and oxygen atoms in total. The molecule has 1 amide bonds. The zero-order valence-corrected chi connectivity index (χ0v) is 11.0. The van der Waals surface area contributed by atoms with Gasteiger partial charge in [-0.25, -0.2) is 0 Å². The van der Waals surface area contributed by atoms with Crippen LogP contribution in [0.15, 0.2) is 12.1 Å². The van der Waals surface area contributed by atoms with Crippen LogP contribution in [-0.4, -0.2) is 5.91 Å². The maximum atomic E-state index is 11.1. The second-order valence-electron chi connectivity index (χ2n) is 5.30. The van der Waals surface area contributed by atoms with Gasteiger partial charge in [-0.3, -0.25) is 4.79 Å². The number of rotatable bonds is 1. The van der Waals surface area contributed by atoms with Gasteiger partial charge >= 0.3 is 5.91 Å². The fourth-order valence-electron chi connectivity index (χ4n) is 1.74. The second-order valence-corrected chi connectivity index (χ2v) is 5.30. The second kappa shape index (κ2) is 4.58. The molecule has 3 heteroatoms. The van der Waals surface area contributed by atoms with Crippen LogP contribution in [0.3, 0.4) is 0 Å². The van der Waals surface area contributed by atoms with E-state index in [9.17, 15) is 4.79 Å². The van der Waals surface area contributed by atoms with Gasteiger partial charge in [-0.15, -0.1) is 0 Å². The number of aryl methyl sites for hydroxylation is 2. The van der Waals surface area contributed by atoms with Gasteiger partial charge in [-0.2, -0.15) is 5.26 Å². The van der Waals surface area contributed by atoms with E-state index in [2.05, 4.69) is 38.2 Å². The molecule has 0 bridgehead atoms. The number of nitriles is 1. The van der Waals surface area contributed by atoms with Crippen molar-refractivity contribution in [1.82, 2.24) is 0 Å². The van der Waals surface area contributed by atoms with Crippen LogP contribution in [-0.2, 0) is 10.2 Å². The lowest BCUT2D eigenvalue weighted by Gasteiger charge is -2.22. The first-order valence-electron chi connectivity index (χ1n) is 5.58. The number of nitrogens with one attached hydrogen (secondary N) is 1. The zero-order chi connectivity index (χ0) is 13.2. The number of hydrogen-bond donors (Lipinski definition) is 1. The third-order valence-corrected chi connectivity index (χ3v) is 2.74. The largest absolute Gasteiger partial charge is 0.326 e. The molecule has 0 aromatic heterocycles. The summed E-state index contributed by atoms with van der Waals surface area (Å²) < 4.78 is 0. The molecule has 90 valence electrons. The van der Waals surface area contributed by atoms with Crippen molar-refractivity contribution in [3.8, 4) is 6.07 Å². The van der Waals surface area contributed by atoms with Crippen LogP contribution in [0.4, 0.5) is 5.69 Å². The fraction of sp³-hybridized carbons (Fsp3) is 0.429. The topological polar surface area (TPSA) is 52.9 Å². The Morgan fingerprint density at radius 1 is 1.24 bits per heavy atom. The van der Waals surface area contributed by atoms with Crippen molar-refractivity contribution < 1.29 is 4.79 Å². The summed E-state index contributed by atoms with van der Waals surface area (Å²) in [6, 6.07) is 5.67. The highest BCUT2D eigenvalue weighted by Gasteiger charge is 2.16. The molecule has 1 aromatic rings. The van der Waals surface area contributed by atoms with E-state index in [4.69, 9.17) is 5.26 Å². The minimum absolute atomic E-state index is 0.0767. The number of benzene rings is 1. The van der Waals surface area contributed by atoms with Crippen molar-refractivity contribution in [3.63, 3.8) is 0 Å². The van der Waals surface area contributed by atoms with E-state index < -0.39 is 5.91 Å². The van der Waals surface area contributed by atoms with E-state index in [-0.39, 0.29) is 5.41 Å². The van der Waals surface area contributed by atoms with E-state index in [0.29, 0.717) is 0 Å². The molecule has 0 saturated heterocycles. The maximum Gasteiger partial charge on any atom is 0.326 e. The van der Waals surface area contributed by atoms with Crippen molar-refractivity contribution in [2.24, 2.45) is 0 Å². The Labute approximate surface area is 102 Å². The highest BCUT2D eigenvalue weighted by atomic mass is 16.1. The van der Waals surface area contributed by atoms with E-state index in [1.165, 1.54) is 5.56 Å². The molecular weight excluding hydrogens is 212 g/mol. The highest BCUT2D eigenvalue weighted by Crippen LogP contribution is 2.29. The van der Waals surface area contributed by atoms with Gasteiger partial charge in [-0.1, -0.05) is 32.9 Å². The van der Waals surface area contributed by atoms with Crippen LogP contribution in [0.2, 0.25) is 0 Å². The van der Waals surface area contributed by atoms with Crippen molar-refractivity contribution in [1.29, 1.82) is 5.26 Å². The summed E-state index contributed by atoms with van der Waals surface area (Å²) in [6.45, 7) is 10.3. The lowest BCUT2D eigenvalue weighted by molar-refractivity contribution is -0.111. The first kappa shape index (κ1) is 13.2. The molecule has 0 aliphatic carbocycles. The Hall–Kier alpha value is -1.82. The number of nitrogens with zero attached hydrogens (tertiary/aromatic N) is 1. The van der Waals surface area contributed by atoms with Crippen LogP contribution in [0, 0.1) is 25.2 Å². The normalized spacial score (nSPS) is 10.8. The lowest BCUT2D eigenvalue weighted by atomic mass is 9.85. The zero-order valence-electron chi connectivity index (χ0n) is 11.0. The average Bonchev–Trinajstić information content (AvgIpc) is 2.21. The lowest BCUT2D eigenvalue weighted by Crippen LogP contribution is -2.15. The number of carbonyl (C=O) groups is 1. The van der Waals surface area contributed by atoms with Crippen LogP contribution < -0.4 is 5.32 Å². The Morgan fingerprint density at radius 3 is 2.06 bits per heavy atom. The molecule has 1 N–H and O–H groups in total. The van der Waals surface area contributed by atoms with E-state index in [1.807, 2.05) is 13.8 Å². The van der Waals surface area contributed by atoms with Crippen molar-refractivity contribution in [2.75, 3.05) is 5.32 Å². The number of anilines is 1. The van der Waals surface area contributed by atoms with Gasteiger partial charge in [0, 0.05) is 5.69 Å². The molecule has 0 spiro atoms. The Morgan fingerprint density at radius 2 is 1.71 bits per heavy atom. The summed E-state index contributed by atoms with van der Waals surface area (Å²) in [5.74, 6) is -0.625. The predicted octanol–water partition coefficient (Wildman–Crippen LogP) is 3.06. The molecule has 0 fully saturated rings. The summed E-state index contributed by atoms with van der Waals surface area (Å²) in [5, 5.41) is 11.1. The maximum absolute atomic E-state index is 11.1. The molecule has 0 aliphatic rings. The molecule has 0 saturated carbocycles. The smallest absolute Gasteiger partial charge is 0.313 e. The quantitative estimate of drug-likeness (QED) is 0.754. The van der Waals surface area contributed by atoms with Gasteiger partial charge in [0.25, 0.3) is 0 Å².